The van der Waals surface area contributed by atoms with Crippen LogP contribution in [0.15, 0.2) is 54.9 Å². The summed E-state index contributed by atoms with van der Waals surface area (Å²) < 4.78 is 65.0. The highest BCUT2D eigenvalue weighted by atomic mass is 19.4. The molecule has 1 heterocycles. The SMILES string of the molecule is Fc1cccc(F)c1Nc1cc(Nc2ccc(C(F)(F)F)cc2)ncn1. The number of para-hydroxylation sites is 1. The van der Waals surface area contributed by atoms with Gasteiger partial charge >= 0.3 is 6.18 Å². The molecule has 0 atom stereocenters. The van der Waals surface area contributed by atoms with Crippen LogP contribution >= 0.6 is 0 Å². The highest BCUT2D eigenvalue weighted by Gasteiger charge is 2.29. The van der Waals surface area contributed by atoms with E-state index in [1.54, 1.807) is 0 Å². The van der Waals surface area contributed by atoms with Crippen molar-refractivity contribution in [2.24, 2.45) is 0 Å². The van der Waals surface area contributed by atoms with Crippen molar-refractivity contribution in [1.82, 2.24) is 9.97 Å². The molecule has 9 heteroatoms. The van der Waals surface area contributed by atoms with Crippen LogP contribution in [-0.2, 0) is 6.18 Å². The van der Waals surface area contributed by atoms with Crippen molar-refractivity contribution in [2.75, 3.05) is 10.6 Å². The first kappa shape index (κ1) is 17.6. The Labute approximate surface area is 144 Å². The Morgan fingerprint density at radius 3 is 1.92 bits per heavy atom. The molecule has 0 spiro atoms. The molecule has 26 heavy (non-hydrogen) atoms. The summed E-state index contributed by atoms with van der Waals surface area (Å²) in [7, 11) is 0. The monoisotopic (exact) mass is 366 g/mol. The number of hydrogen-bond acceptors (Lipinski definition) is 4. The molecule has 0 aliphatic rings. The summed E-state index contributed by atoms with van der Waals surface area (Å²) in [6.07, 6.45) is -3.28. The number of hydrogen-bond donors (Lipinski definition) is 2. The first-order chi connectivity index (χ1) is 12.3. The van der Waals surface area contributed by atoms with Crippen LogP contribution in [0.4, 0.5) is 45.0 Å². The topological polar surface area (TPSA) is 49.8 Å². The summed E-state index contributed by atoms with van der Waals surface area (Å²) in [4.78, 5) is 7.78. The molecule has 134 valence electrons. The lowest BCUT2D eigenvalue weighted by molar-refractivity contribution is -0.137. The molecule has 0 fully saturated rings. The summed E-state index contributed by atoms with van der Waals surface area (Å²) in [6, 6.07) is 9.12. The Hall–Kier alpha value is -3.23. The summed E-state index contributed by atoms with van der Waals surface area (Å²) in [6.45, 7) is 0. The van der Waals surface area contributed by atoms with Crippen molar-refractivity contribution < 1.29 is 22.0 Å². The van der Waals surface area contributed by atoms with Gasteiger partial charge in [0.15, 0.2) is 0 Å². The zero-order chi connectivity index (χ0) is 18.7. The van der Waals surface area contributed by atoms with E-state index in [1.807, 2.05) is 0 Å². The van der Waals surface area contributed by atoms with E-state index in [9.17, 15) is 22.0 Å². The van der Waals surface area contributed by atoms with Crippen LogP contribution in [0.25, 0.3) is 0 Å². The third kappa shape index (κ3) is 4.05. The third-order valence-electron chi connectivity index (χ3n) is 3.37. The number of benzene rings is 2. The highest BCUT2D eigenvalue weighted by Crippen LogP contribution is 2.30. The van der Waals surface area contributed by atoms with Gasteiger partial charge in [0.1, 0.15) is 35.3 Å². The second-order valence-corrected chi connectivity index (χ2v) is 5.21. The number of halogens is 5. The minimum absolute atomic E-state index is 0.110. The predicted octanol–water partition coefficient (Wildman–Crippen LogP) is 5.26. The maximum Gasteiger partial charge on any atom is 0.416 e. The molecule has 0 radical (unpaired) electrons. The Bertz CT molecular complexity index is 890. The van der Waals surface area contributed by atoms with Gasteiger partial charge in [-0.25, -0.2) is 18.7 Å². The van der Waals surface area contributed by atoms with E-state index in [0.717, 1.165) is 30.6 Å². The lowest BCUT2D eigenvalue weighted by Crippen LogP contribution is -2.05. The maximum absolute atomic E-state index is 13.7. The van der Waals surface area contributed by atoms with E-state index < -0.39 is 23.4 Å². The van der Waals surface area contributed by atoms with Crippen LogP contribution in [0.5, 0.6) is 0 Å². The predicted molar refractivity (Wildman–Crippen MR) is 86.4 cm³/mol. The fourth-order valence-electron chi connectivity index (χ4n) is 2.13. The molecular formula is C17H11F5N4. The summed E-state index contributed by atoms with van der Waals surface area (Å²) in [5, 5.41) is 5.30. The van der Waals surface area contributed by atoms with Crippen molar-refractivity contribution in [3.8, 4) is 0 Å². The van der Waals surface area contributed by atoms with Crippen LogP contribution in [0.3, 0.4) is 0 Å². The van der Waals surface area contributed by atoms with Gasteiger partial charge in [-0.05, 0) is 36.4 Å². The molecule has 2 aromatic carbocycles. The zero-order valence-electron chi connectivity index (χ0n) is 13.0. The van der Waals surface area contributed by atoms with Gasteiger partial charge in [0.05, 0.1) is 5.56 Å². The van der Waals surface area contributed by atoms with E-state index in [0.29, 0.717) is 5.69 Å². The number of anilines is 4. The lowest BCUT2D eigenvalue weighted by atomic mass is 10.2. The van der Waals surface area contributed by atoms with Crippen molar-refractivity contribution in [1.29, 1.82) is 0 Å². The molecule has 1 aromatic heterocycles. The van der Waals surface area contributed by atoms with Gasteiger partial charge < -0.3 is 10.6 Å². The van der Waals surface area contributed by atoms with Crippen LogP contribution in [0, 0.1) is 11.6 Å². The molecular weight excluding hydrogens is 355 g/mol. The minimum Gasteiger partial charge on any atom is -0.340 e. The molecule has 0 bridgehead atoms. The van der Waals surface area contributed by atoms with Crippen LogP contribution in [0.2, 0.25) is 0 Å². The van der Waals surface area contributed by atoms with Crippen molar-refractivity contribution in [2.45, 2.75) is 6.18 Å². The van der Waals surface area contributed by atoms with Crippen LogP contribution < -0.4 is 10.6 Å². The molecule has 0 aliphatic heterocycles. The average molecular weight is 366 g/mol. The minimum atomic E-state index is -4.42. The average Bonchev–Trinajstić information content (AvgIpc) is 2.58. The van der Waals surface area contributed by atoms with Crippen molar-refractivity contribution in [3.05, 3.63) is 72.1 Å². The number of alkyl halides is 3. The van der Waals surface area contributed by atoms with Crippen LogP contribution in [0.1, 0.15) is 5.56 Å². The van der Waals surface area contributed by atoms with Gasteiger partial charge in [-0.1, -0.05) is 6.07 Å². The quantitative estimate of drug-likeness (QED) is 0.619. The normalized spacial score (nSPS) is 11.3. The summed E-state index contributed by atoms with van der Waals surface area (Å²) in [5.74, 6) is -1.24. The third-order valence-corrected chi connectivity index (χ3v) is 3.37. The zero-order valence-corrected chi connectivity index (χ0v) is 13.0. The molecule has 3 aromatic rings. The van der Waals surface area contributed by atoms with Gasteiger partial charge in [0.25, 0.3) is 0 Å². The Balaban J connectivity index is 1.77. The smallest absolute Gasteiger partial charge is 0.340 e. The molecule has 2 N–H and O–H groups in total. The van der Waals surface area contributed by atoms with Crippen molar-refractivity contribution in [3.63, 3.8) is 0 Å². The first-order valence-corrected chi connectivity index (χ1v) is 7.30. The fraction of sp³-hybridized carbons (Fsp3) is 0.0588. The van der Waals surface area contributed by atoms with E-state index in [4.69, 9.17) is 0 Å². The first-order valence-electron chi connectivity index (χ1n) is 7.30. The summed E-state index contributed by atoms with van der Waals surface area (Å²) in [5.41, 5.74) is -0.783. The Kier molecular flexibility index (Phi) is 4.70. The molecule has 0 amide bonds. The van der Waals surface area contributed by atoms with E-state index in [2.05, 4.69) is 20.6 Å². The second-order valence-electron chi connectivity index (χ2n) is 5.21. The van der Waals surface area contributed by atoms with E-state index in [-0.39, 0.29) is 17.3 Å². The largest absolute Gasteiger partial charge is 0.416 e. The van der Waals surface area contributed by atoms with Gasteiger partial charge in [0.2, 0.25) is 0 Å². The summed E-state index contributed by atoms with van der Waals surface area (Å²) >= 11 is 0. The van der Waals surface area contributed by atoms with Gasteiger partial charge in [0, 0.05) is 11.8 Å². The number of rotatable bonds is 4. The number of aromatic nitrogens is 2. The van der Waals surface area contributed by atoms with E-state index in [1.165, 1.54) is 24.3 Å². The van der Waals surface area contributed by atoms with Gasteiger partial charge in [-0.3, -0.25) is 0 Å². The van der Waals surface area contributed by atoms with E-state index >= 15 is 0 Å². The number of nitrogens with one attached hydrogen (secondary N) is 2. The molecule has 3 rings (SSSR count). The molecule has 0 saturated heterocycles. The Morgan fingerprint density at radius 2 is 1.35 bits per heavy atom. The molecule has 0 saturated carbocycles. The van der Waals surface area contributed by atoms with Crippen molar-refractivity contribution >= 4 is 23.0 Å². The lowest BCUT2D eigenvalue weighted by Gasteiger charge is -2.11. The standard InChI is InChI=1S/C17H11F5N4/c18-12-2-1-3-13(19)16(12)26-15-8-14(23-9-24-15)25-11-6-4-10(5-7-11)17(20,21)22/h1-9H,(H2,23,24,25,26). The fourth-order valence-corrected chi connectivity index (χ4v) is 2.13. The molecule has 0 unspecified atom stereocenters. The highest BCUT2D eigenvalue weighted by molar-refractivity contribution is 5.63. The second kappa shape index (κ2) is 6.95. The van der Waals surface area contributed by atoms with Crippen LogP contribution in [-0.4, -0.2) is 9.97 Å². The molecule has 0 aliphatic carbocycles. The van der Waals surface area contributed by atoms with Gasteiger partial charge in [-0.2, -0.15) is 13.2 Å². The Morgan fingerprint density at radius 1 is 0.769 bits per heavy atom. The molecule has 4 nitrogen and oxygen atoms in total. The number of nitrogens with zero attached hydrogens (tertiary/aromatic N) is 2. The van der Waals surface area contributed by atoms with Gasteiger partial charge in [-0.15, -0.1) is 0 Å². The maximum atomic E-state index is 13.7.